The summed E-state index contributed by atoms with van der Waals surface area (Å²) in [6.45, 7) is 2.61. The predicted octanol–water partition coefficient (Wildman–Crippen LogP) is 1.40. The van der Waals surface area contributed by atoms with E-state index in [0.717, 1.165) is 11.4 Å². The minimum atomic E-state index is 0.658. The van der Waals surface area contributed by atoms with Gasteiger partial charge in [-0.3, -0.25) is 0 Å². The Balaban J connectivity index is 2.92. The van der Waals surface area contributed by atoms with E-state index < -0.39 is 0 Å². The second-order valence-corrected chi connectivity index (χ2v) is 2.51. The number of ether oxygens (including phenoxy) is 1. The zero-order valence-electron chi connectivity index (χ0n) is 7.45. The first-order chi connectivity index (χ1) is 5.75. The van der Waals surface area contributed by atoms with Gasteiger partial charge in [0.2, 0.25) is 0 Å². The topological polar surface area (TPSA) is 38.5 Å². The normalized spacial score (nSPS) is 9.58. The fourth-order valence-electron chi connectivity index (χ4n) is 1.03. The molecule has 0 radical (unpaired) electrons. The first-order valence-corrected chi connectivity index (χ1v) is 3.96. The average molecular weight is 166 g/mol. The molecule has 0 saturated carbocycles. The molecule has 12 heavy (non-hydrogen) atoms. The highest BCUT2D eigenvalue weighted by atomic mass is 16.5. The Labute approximate surface area is 72.7 Å². The third-order valence-corrected chi connectivity index (χ3v) is 1.55. The molecule has 1 aromatic rings. The van der Waals surface area contributed by atoms with Crippen molar-refractivity contribution in [1.82, 2.24) is 0 Å². The molecule has 0 spiro atoms. The number of anilines is 1. The van der Waals surface area contributed by atoms with Crippen molar-refractivity contribution in [2.45, 2.75) is 6.92 Å². The first kappa shape index (κ1) is 8.87. The van der Waals surface area contributed by atoms with Gasteiger partial charge >= 0.3 is 0 Å². The number of hydrogen-bond acceptors (Lipinski definition) is 3. The lowest BCUT2D eigenvalue weighted by molar-refractivity contribution is 0.340. The van der Waals surface area contributed by atoms with Crippen LogP contribution in [0.25, 0.3) is 0 Å². The largest absolute Gasteiger partial charge is 0.492 e. The molecule has 0 fully saturated rings. The molecule has 0 aliphatic carbocycles. The molecule has 0 heterocycles. The van der Waals surface area contributed by atoms with Crippen LogP contribution in [0.1, 0.15) is 6.92 Å². The molecule has 3 heteroatoms. The van der Waals surface area contributed by atoms with Gasteiger partial charge in [0.05, 0.1) is 12.3 Å². The van der Waals surface area contributed by atoms with Gasteiger partial charge in [0.25, 0.3) is 0 Å². The van der Waals surface area contributed by atoms with Crippen molar-refractivity contribution in [3.8, 4) is 5.75 Å². The van der Waals surface area contributed by atoms with Crippen molar-refractivity contribution in [2.24, 2.45) is 5.84 Å². The van der Waals surface area contributed by atoms with E-state index >= 15 is 0 Å². The average Bonchev–Trinajstić information content (AvgIpc) is 2.05. The Hall–Kier alpha value is -1.22. The molecule has 0 bridgehead atoms. The van der Waals surface area contributed by atoms with E-state index in [2.05, 4.69) is 0 Å². The molecule has 0 atom stereocenters. The van der Waals surface area contributed by atoms with Crippen molar-refractivity contribution in [3.05, 3.63) is 24.3 Å². The van der Waals surface area contributed by atoms with Crippen LogP contribution in [0.3, 0.4) is 0 Å². The summed E-state index contributed by atoms with van der Waals surface area (Å²) in [6, 6.07) is 7.69. The molecular formula is C9H14N2O. The molecule has 0 aliphatic heterocycles. The molecule has 0 aromatic heterocycles. The Kier molecular flexibility index (Phi) is 2.94. The standard InChI is InChI=1S/C9H14N2O/c1-3-12-9-7-5-4-6-8(9)11(2)10/h4-7H,3,10H2,1-2H3. The maximum absolute atomic E-state index is 5.60. The molecule has 1 rings (SSSR count). The molecule has 0 aliphatic rings. The summed E-state index contributed by atoms with van der Waals surface area (Å²) >= 11 is 0. The van der Waals surface area contributed by atoms with Gasteiger partial charge < -0.3 is 9.75 Å². The Bertz CT molecular complexity index is 248. The number of nitrogens with two attached hydrogens (primary N) is 1. The lowest BCUT2D eigenvalue weighted by Crippen LogP contribution is -2.25. The van der Waals surface area contributed by atoms with Gasteiger partial charge in [-0.15, -0.1) is 0 Å². The fourth-order valence-corrected chi connectivity index (χ4v) is 1.03. The summed E-state index contributed by atoms with van der Waals surface area (Å²) in [5, 5.41) is 1.55. The second-order valence-electron chi connectivity index (χ2n) is 2.51. The summed E-state index contributed by atoms with van der Waals surface area (Å²) < 4.78 is 5.38. The monoisotopic (exact) mass is 166 g/mol. The van der Waals surface area contributed by atoms with Gasteiger partial charge in [0.1, 0.15) is 5.75 Å². The van der Waals surface area contributed by atoms with Crippen LogP contribution in [0.2, 0.25) is 0 Å². The highest BCUT2D eigenvalue weighted by Crippen LogP contribution is 2.24. The van der Waals surface area contributed by atoms with Crippen molar-refractivity contribution in [2.75, 3.05) is 18.7 Å². The SMILES string of the molecule is CCOc1ccccc1N(C)N. The van der Waals surface area contributed by atoms with Gasteiger partial charge in [0, 0.05) is 7.05 Å². The summed E-state index contributed by atoms with van der Waals surface area (Å²) in [7, 11) is 1.79. The van der Waals surface area contributed by atoms with E-state index in [-0.39, 0.29) is 0 Å². The van der Waals surface area contributed by atoms with E-state index in [4.69, 9.17) is 10.6 Å². The summed E-state index contributed by atoms with van der Waals surface area (Å²) in [4.78, 5) is 0. The van der Waals surface area contributed by atoms with Crippen molar-refractivity contribution < 1.29 is 4.74 Å². The van der Waals surface area contributed by atoms with Crippen molar-refractivity contribution >= 4 is 5.69 Å². The van der Waals surface area contributed by atoms with Crippen LogP contribution in [-0.2, 0) is 0 Å². The van der Waals surface area contributed by atoms with Crippen LogP contribution < -0.4 is 15.6 Å². The number of hydrogen-bond donors (Lipinski definition) is 1. The van der Waals surface area contributed by atoms with Crippen LogP contribution in [0, 0.1) is 0 Å². The van der Waals surface area contributed by atoms with Gasteiger partial charge in [-0.1, -0.05) is 12.1 Å². The smallest absolute Gasteiger partial charge is 0.143 e. The number of para-hydroxylation sites is 2. The van der Waals surface area contributed by atoms with E-state index in [1.165, 1.54) is 0 Å². The Morgan fingerprint density at radius 2 is 2.08 bits per heavy atom. The van der Waals surface area contributed by atoms with Crippen LogP contribution in [0.5, 0.6) is 5.75 Å². The van der Waals surface area contributed by atoms with Gasteiger partial charge in [-0.2, -0.15) is 0 Å². The molecule has 0 amide bonds. The maximum atomic E-state index is 5.60. The van der Waals surface area contributed by atoms with Gasteiger partial charge in [-0.25, -0.2) is 5.84 Å². The zero-order chi connectivity index (χ0) is 8.97. The number of nitrogens with zero attached hydrogens (tertiary/aromatic N) is 1. The number of benzene rings is 1. The lowest BCUT2D eigenvalue weighted by atomic mass is 10.3. The van der Waals surface area contributed by atoms with Crippen LogP contribution in [0.15, 0.2) is 24.3 Å². The Morgan fingerprint density at radius 3 is 2.67 bits per heavy atom. The minimum absolute atomic E-state index is 0.658. The summed E-state index contributed by atoms with van der Waals surface area (Å²) in [5.41, 5.74) is 0.902. The molecular weight excluding hydrogens is 152 g/mol. The van der Waals surface area contributed by atoms with E-state index in [1.807, 2.05) is 31.2 Å². The molecule has 0 saturated heterocycles. The van der Waals surface area contributed by atoms with E-state index in [0.29, 0.717) is 6.61 Å². The number of hydrazine groups is 1. The Morgan fingerprint density at radius 1 is 1.42 bits per heavy atom. The number of rotatable bonds is 3. The van der Waals surface area contributed by atoms with Crippen LogP contribution >= 0.6 is 0 Å². The first-order valence-electron chi connectivity index (χ1n) is 3.96. The molecule has 0 unspecified atom stereocenters. The highest BCUT2D eigenvalue weighted by Gasteiger charge is 2.02. The second kappa shape index (κ2) is 3.97. The van der Waals surface area contributed by atoms with Gasteiger partial charge in [0.15, 0.2) is 0 Å². The molecule has 3 nitrogen and oxygen atoms in total. The van der Waals surface area contributed by atoms with Crippen molar-refractivity contribution in [3.63, 3.8) is 0 Å². The van der Waals surface area contributed by atoms with E-state index in [1.54, 1.807) is 12.1 Å². The molecule has 66 valence electrons. The third-order valence-electron chi connectivity index (χ3n) is 1.55. The van der Waals surface area contributed by atoms with Crippen LogP contribution in [0.4, 0.5) is 5.69 Å². The quantitative estimate of drug-likeness (QED) is 0.545. The molecule has 2 N–H and O–H groups in total. The summed E-state index contributed by atoms with van der Waals surface area (Å²) in [6.07, 6.45) is 0. The maximum Gasteiger partial charge on any atom is 0.143 e. The minimum Gasteiger partial charge on any atom is -0.492 e. The highest BCUT2D eigenvalue weighted by molar-refractivity contribution is 5.56. The van der Waals surface area contributed by atoms with Crippen LogP contribution in [-0.4, -0.2) is 13.7 Å². The predicted molar refractivity (Wildman–Crippen MR) is 50.2 cm³/mol. The fraction of sp³-hybridized carbons (Fsp3) is 0.333. The zero-order valence-corrected chi connectivity index (χ0v) is 7.45. The van der Waals surface area contributed by atoms with Gasteiger partial charge in [-0.05, 0) is 19.1 Å². The van der Waals surface area contributed by atoms with Crippen molar-refractivity contribution in [1.29, 1.82) is 0 Å². The van der Waals surface area contributed by atoms with E-state index in [9.17, 15) is 0 Å². The third kappa shape index (κ3) is 1.89. The lowest BCUT2D eigenvalue weighted by Gasteiger charge is -2.16. The summed E-state index contributed by atoms with van der Waals surface area (Å²) in [5.74, 6) is 6.42. The molecule has 1 aromatic carbocycles.